The van der Waals surface area contributed by atoms with E-state index in [9.17, 15) is 19.2 Å². The van der Waals surface area contributed by atoms with Crippen molar-refractivity contribution in [2.75, 3.05) is 38.3 Å². The summed E-state index contributed by atoms with van der Waals surface area (Å²) in [5.41, 5.74) is 0.0621. The van der Waals surface area contributed by atoms with Crippen LogP contribution >= 0.6 is 0 Å². The molecule has 0 spiro atoms. The van der Waals surface area contributed by atoms with E-state index in [2.05, 4.69) is 5.32 Å². The van der Waals surface area contributed by atoms with Crippen LogP contribution in [-0.4, -0.2) is 67.5 Å². The number of likely N-dealkylation sites (N-methyl/N-ethyl adjacent to an activating group) is 1. The first-order chi connectivity index (χ1) is 13.1. The Morgan fingerprint density at radius 1 is 1.25 bits per heavy atom. The number of ether oxygens (including phenoxy) is 2. The highest BCUT2D eigenvalue weighted by Crippen LogP contribution is 2.31. The quantitative estimate of drug-likeness (QED) is 0.701. The maximum atomic E-state index is 12.1. The number of esters is 1. The number of benzene rings is 1. The highest BCUT2D eigenvalue weighted by Gasteiger charge is 2.28. The van der Waals surface area contributed by atoms with Crippen molar-refractivity contribution in [3.63, 3.8) is 0 Å². The second-order valence-corrected chi connectivity index (χ2v) is 7.44. The highest BCUT2D eigenvalue weighted by atomic mass is 16.5. The van der Waals surface area contributed by atoms with Crippen LogP contribution in [0, 0.1) is 0 Å². The van der Waals surface area contributed by atoms with E-state index in [0.29, 0.717) is 11.4 Å². The van der Waals surface area contributed by atoms with Crippen molar-refractivity contribution < 1.29 is 28.7 Å². The molecule has 1 heterocycles. The zero-order valence-corrected chi connectivity index (χ0v) is 16.5. The van der Waals surface area contributed by atoms with Gasteiger partial charge in [0.2, 0.25) is 5.91 Å². The largest absolute Gasteiger partial charge is 0.482 e. The number of hydrogen-bond donors (Lipinski definition) is 1. The Hall–Kier alpha value is -3.10. The van der Waals surface area contributed by atoms with Gasteiger partial charge >= 0.3 is 5.97 Å². The van der Waals surface area contributed by atoms with Crippen LogP contribution in [0.3, 0.4) is 0 Å². The first kappa shape index (κ1) is 21.2. The summed E-state index contributed by atoms with van der Waals surface area (Å²) in [6.45, 7) is 4.33. The van der Waals surface area contributed by atoms with E-state index in [1.165, 1.54) is 16.8 Å². The molecule has 0 radical (unpaired) electrons. The van der Waals surface area contributed by atoms with Gasteiger partial charge in [0.15, 0.2) is 13.2 Å². The monoisotopic (exact) mass is 391 g/mol. The predicted molar refractivity (Wildman–Crippen MR) is 101 cm³/mol. The Balaban J connectivity index is 1.84. The van der Waals surface area contributed by atoms with Crippen LogP contribution in [0.1, 0.15) is 20.8 Å². The van der Waals surface area contributed by atoms with Gasteiger partial charge in [0.05, 0.1) is 12.2 Å². The van der Waals surface area contributed by atoms with Gasteiger partial charge in [-0.2, -0.15) is 0 Å². The number of amides is 3. The van der Waals surface area contributed by atoms with Crippen LogP contribution in [0.5, 0.6) is 5.75 Å². The van der Waals surface area contributed by atoms with E-state index in [0.717, 1.165) is 0 Å². The van der Waals surface area contributed by atoms with E-state index in [1.807, 2.05) is 20.8 Å². The summed E-state index contributed by atoms with van der Waals surface area (Å²) in [4.78, 5) is 50.5. The minimum Gasteiger partial charge on any atom is -0.482 e. The van der Waals surface area contributed by atoms with Crippen molar-refractivity contribution in [1.29, 1.82) is 0 Å². The molecule has 1 aliphatic rings. The van der Waals surface area contributed by atoms with E-state index in [-0.39, 0.29) is 31.5 Å². The highest BCUT2D eigenvalue weighted by molar-refractivity contribution is 6.01. The average molecular weight is 391 g/mol. The Morgan fingerprint density at radius 2 is 1.93 bits per heavy atom. The molecule has 1 aliphatic heterocycles. The minimum atomic E-state index is -0.731. The molecule has 0 aromatic heterocycles. The number of fused-ring (bicyclic) bond motifs is 1. The fourth-order valence-corrected chi connectivity index (χ4v) is 2.52. The average Bonchev–Trinajstić information content (AvgIpc) is 2.60. The molecule has 152 valence electrons. The van der Waals surface area contributed by atoms with E-state index >= 15 is 0 Å². The van der Waals surface area contributed by atoms with Crippen LogP contribution < -0.4 is 15.0 Å². The third kappa shape index (κ3) is 5.97. The molecule has 0 fully saturated rings. The van der Waals surface area contributed by atoms with Crippen molar-refractivity contribution in [2.24, 2.45) is 0 Å². The lowest BCUT2D eigenvalue weighted by Gasteiger charge is -2.28. The zero-order valence-electron chi connectivity index (χ0n) is 16.5. The topological polar surface area (TPSA) is 105 Å². The van der Waals surface area contributed by atoms with Gasteiger partial charge < -0.3 is 19.7 Å². The van der Waals surface area contributed by atoms with Gasteiger partial charge in [0.1, 0.15) is 12.3 Å². The van der Waals surface area contributed by atoms with Crippen molar-refractivity contribution in [1.82, 2.24) is 10.2 Å². The number of carbonyl (C=O) groups is 4. The molecule has 0 saturated carbocycles. The molecule has 0 unspecified atom stereocenters. The van der Waals surface area contributed by atoms with E-state index < -0.39 is 24.0 Å². The van der Waals surface area contributed by atoms with Crippen molar-refractivity contribution in [3.05, 3.63) is 24.3 Å². The fraction of sp³-hybridized carbons (Fsp3) is 0.474. The van der Waals surface area contributed by atoms with Gasteiger partial charge in [-0.15, -0.1) is 0 Å². The van der Waals surface area contributed by atoms with Crippen molar-refractivity contribution >= 4 is 29.4 Å². The number of hydrogen-bond acceptors (Lipinski definition) is 6. The fourth-order valence-electron chi connectivity index (χ4n) is 2.52. The summed E-state index contributed by atoms with van der Waals surface area (Å²) >= 11 is 0. The van der Waals surface area contributed by atoms with E-state index in [4.69, 9.17) is 9.47 Å². The third-order valence-corrected chi connectivity index (χ3v) is 3.77. The lowest BCUT2D eigenvalue weighted by atomic mass is 10.1. The van der Waals surface area contributed by atoms with Gasteiger partial charge in [0.25, 0.3) is 11.8 Å². The lowest BCUT2D eigenvalue weighted by Crippen LogP contribution is -2.47. The minimum absolute atomic E-state index is 0.150. The van der Waals surface area contributed by atoms with E-state index in [1.54, 1.807) is 24.3 Å². The summed E-state index contributed by atoms with van der Waals surface area (Å²) in [6.07, 6.45) is 0. The van der Waals surface area contributed by atoms with Crippen LogP contribution in [0.25, 0.3) is 0 Å². The molecule has 2 rings (SSSR count). The molecule has 9 heteroatoms. The van der Waals surface area contributed by atoms with Gasteiger partial charge in [-0.25, -0.2) is 0 Å². The number of carbonyl (C=O) groups excluding carboxylic acids is 4. The number of rotatable bonds is 6. The molecule has 28 heavy (non-hydrogen) atoms. The van der Waals surface area contributed by atoms with Crippen molar-refractivity contribution in [3.8, 4) is 5.75 Å². The summed E-state index contributed by atoms with van der Waals surface area (Å²) in [7, 11) is 1.44. The first-order valence-corrected chi connectivity index (χ1v) is 8.79. The van der Waals surface area contributed by atoms with Gasteiger partial charge in [-0.3, -0.25) is 24.1 Å². The standard InChI is InChI=1S/C19H25N3O6/c1-19(2,3)20-15(23)9-21(4)16(24)11-28-18(26)10-22-13-7-5-6-8-14(13)27-12-17(22)25/h5-8H,9-12H2,1-4H3,(H,20,23). The molecular weight excluding hydrogens is 366 g/mol. The van der Waals surface area contributed by atoms with Gasteiger partial charge in [-0.1, -0.05) is 12.1 Å². The summed E-state index contributed by atoms with van der Waals surface area (Å²) in [5.74, 6) is -1.45. The normalized spacial score (nSPS) is 13.3. The van der Waals surface area contributed by atoms with Crippen LogP contribution in [0.15, 0.2) is 24.3 Å². The Labute approximate surface area is 163 Å². The second kappa shape index (κ2) is 8.73. The van der Waals surface area contributed by atoms with Crippen LogP contribution in [0.2, 0.25) is 0 Å². The molecule has 1 aromatic carbocycles. The molecule has 0 saturated heterocycles. The summed E-state index contributed by atoms with van der Waals surface area (Å²) in [5, 5.41) is 2.74. The molecule has 1 aromatic rings. The first-order valence-electron chi connectivity index (χ1n) is 8.79. The maximum absolute atomic E-state index is 12.1. The Kier molecular flexibility index (Phi) is 6.61. The van der Waals surface area contributed by atoms with Gasteiger partial charge in [0, 0.05) is 12.6 Å². The lowest BCUT2D eigenvalue weighted by molar-refractivity contribution is -0.151. The number of nitrogens with one attached hydrogen (secondary N) is 1. The molecule has 1 N–H and O–H groups in total. The smallest absolute Gasteiger partial charge is 0.326 e. The summed E-state index contributed by atoms with van der Waals surface area (Å²) < 4.78 is 10.3. The molecular formula is C19H25N3O6. The third-order valence-electron chi connectivity index (χ3n) is 3.77. The Bertz CT molecular complexity index is 771. The molecule has 0 atom stereocenters. The molecule has 0 aliphatic carbocycles. The molecule has 3 amide bonds. The number of anilines is 1. The summed E-state index contributed by atoms with van der Waals surface area (Å²) in [6, 6.07) is 6.84. The Morgan fingerprint density at radius 3 is 2.61 bits per heavy atom. The second-order valence-electron chi connectivity index (χ2n) is 7.44. The molecule has 9 nitrogen and oxygen atoms in total. The van der Waals surface area contributed by atoms with Crippen LogP contribution in [-0.2, 0) is 23.9 Å². The SMILES string of the molecule is CN(CC(=O)NC(C)(C)C)C(=O)COC(=O)CN1C(=O)COc2ccccc21. The maximum Gasteiger partial charge on any atom is 0.326 e. The number of nitrogens with zero attached hydrogens (tertiary/aromatic N) is 2. The predicted octanol–water partition coefficient (Wildman–Crippen LogP) is 0.328. The van der Waals surface area contributed by atoms with Crippen LogP contribution in [0.4, 0.5) is 5.69 Å². The number of para-hydroxylation sites is 2. The molecule has 0 bridgehead atoms. The van der Waals surface area contributed by atoms with Crippen molar-refractivity contribution in [2.45, 2.75) is 26.3 Å². The van der Waals surface area contributed by atoms with Gasteiger partial charge in [-0.05, 0) is 32.9 Å². The zero-order chi connectivity index (χ0) is 20.9.